The largest absolute Gasteiger partial charge is 0.455 e. The lowest BCUT2D eigenvalue weighted by Crippen LogP contribution is -2.13. The zero-order valence-electron chi connectivity index (χ0n) is 13.4. The van der Waals surface area contributed by atoms with E-state index in [1.165, 1.54) is 11.3 Å². The number of hydrogen-bond donors (Lipinski definition) is 1. The van der Waals surface area contributed by atoms with Crippen molar-refractivity contribution in [2.75, 3.05) is 5.32 Å². The number of amides is 1. The summed E-state index contributed by atoms with van der Waals surface area (Å²) in [5.74, 6) is -0.205. The number of carbonyl (C=O) groups excluding carboxylic acids is 2. The smallest absolute Gasteiger partial charge is 0.338 e. The molecule has 0 atom stereocenters. The van der Waals surface area contributed by atoms with E-state index >= 15 is 0 Å². The second kappa shape index (κ2) is 6.64. The Morgan fingerprint density at radius 1 is 1.12 bits per heavy atom. The number of anilines is 1. The van der Waals surface area contributed by atoms with E-state index in [0.717, 1.165) is 28.1 Å². The minimum Gasteiger partial charge on any atom is -0.455 e. The normalized spacial score (nSPS) is 13.6. The van der Waals surface area contributed by atoms with Crippen molar-refractivity contribution in [3.05, 3.63) is 59.1 Å². The van der Waals surface area contributed by atoms with Crippen LogP contribution >= 0.6 is 11.3 Å². The summed E-state index contributed by atoms with van der Waals surface area (Å²) < 4.78 is 6.41. The van der Waals surface area contributed by atoms with Crippen LogP contribution in [0, 0.1) is 5.92 Å². The predicted octanol–water partition coefficient (Wildman–Crippen LogP) is 4.00. The van der Waals surface area contributed by atoms with Gasteiger partial charge in [0.25, 0.3) is 0 Å². The fraction of sp³-hybridized carbons (Fsp3) is 0.211. The monoisotopic (exact) mass is 352 g/mol. The molecule has 1 saturated carbocycles. The molecular weight excluding hydrogens is 336 g/mol. The molecule has 1 aliphatic rings. The number of aromatic nitrogens is 1. The summed E-state index contributed by atoms with van der Waals surface area (Å²) >= 11 is 1.52. The summed E-state index contributed by atoms with van der Waals surface area (Å²) in [4.78, 5) is 28.3. The van der Waals surface area contributed by atoms with Crippen LogP contribution in [0.25, 0.3) is 10.2 Å². The van der Waals surface area contributed by atoms with E-state index < -0.39 is 5.97 Å². The molecule has 0 radical (unpaired) electrons. The molecule has 6 heteroatoms. The van der Waals surface area contributed by atoms with Crippen LogP contribution in [0.5, 0.6) is 0 Å². The molecule has 0 unspecified atom stereocenters. The Balaban J connectivity index is 1.36. The van der Waals surface area contributed by atoms with Gasteiger partial charge in [-0.05, 0) is 49.2 Å². The summed E-state index contributed by atoms with van der Waals surface area (Å²) in [5, 5.41) is 3.61. The lowest BCUT2D eigenvalue weighted by Gasteiger charge is -2.06. The van der Waals surface area contributed by atoms with Crippen LogP contribution in [0.2, 0.25) is 0 Å². The molecule has 1 N–H and O–H groups in total. The van der Waals surface area contributed by atoms with Crippen LogP contribution in [0.4, 0.5) is 5.69 Å². The summed E-state index contributed by atoms with van der Waals surface area (Å²) in [6.07, 6.45) is 1.92. The van der Waals surface area contributed by atoms with Crippen LogP contribution in [-0.2, 0) is 16.1 Å². The lowest BCUT2D eigenvalue weighted by atomic mass is 10.2. The van der Waals surface area contributed by atoms with E-state index in [9.17, 15) is 9.59 Å². The van der Waals surface area contributed by atoms with Crippen molar-refractivity contribution in [2.45, 2.75) is 19.4 Å². The van der Waals surface area contributed by atoms with Gasteiger partial charge in [0.1, 0.15) is 11.6 Å². The highest BCUT2D eigenvalue weighted by molar-refractivity contribution is 7.18. The first kappa shape index (κ1) is 15.8. The minimum absolute atomic E-state index is 0.0474. The fourth-order valence-corrected chi connectivity index (χ4v) is 3.35. The molecule has 1 amide bonds. The maximum atomic E-state index is 12.2. The van der Waals surface area contributed by atoms with Gasteiger partial charge in [-0.2, -0.15) is 0 Å². The molecule has 1 aliphatic carbocycles. The number of rotatable bonds is 5. The van der Waals surface area contributed by atoms with Gasteiger partial charge < -0.3 is 10.1 Å². The van der Waals surface area contributed by atoms with E-state index in [-0.39, 0.29) is 18.4 Å². The molecule has 0 spiro atoms. The molecule has 1 fully saturated rings. The Labute approximate surface area is 148 Å². The predicted molar refractivity (Wildman–Crippen MR) is 96.5 cm³/mol. The Morgan fingerprint density at radius 3 is 2.60 bits per heavy atom. The number of fused-ring (bicyclic) bond motifs is 1. The number of nitrogens with one attached hydrogen (secondary N) is 1. The average Bonchev–Trinajstić information content (AvgIpc) is 3.40. The van der Waals surface area contributed by atoms with E-state index in [1.54, 1.807) is 24.3 Å². The number of nitrogens with zero attached hydrogens (tertiary/aromatic N) is 1. The Morgan fingerprint density at radius 2 is 1.88 bits per heavy atom. The van der Waals surface area contributed by atoms with Gasteiger partial charge in [-0.1, -0.05) is 12.1 Å². The molecular formula is C19H16N2O3S. The van der Waals surface area contributed by atoms with Crippen molar-refractivity contribution >= 4 is 39.1 Å². The first-order valence-corrected chi connectivity index (χ1v) is 8.93. The first-order valence-electron chi connectivity index (χ1n) is 8.11. The highest BCUT2D eigenvalue weighted by Gasteiger charge is 2.29. The first-order chi connectivity index (χ1) is 12.2. The van der Waals surface area contributed by atoms with Crippen molar-refractivity contribution in [1.82, 2.24) is 4.98 Å². The minimum atomic E-state index is -0.403. The van der Waals surface area contributed by atoms with Gasteiger partial charge >= 0.3 is 5.97 Å². The number of benzene rings is 2. The van der Waals surface area contributed by atoms with Crippen molar-refractivity contribution < 1.29 is 14.3 Å². The average molecular weight is 352 g/mol. The third-order valence-corrected chi connectivity index (χ3v) is 5.01. The number of esters is 1. The molecule has 4 rings (SSSR count). The zero-order valence-corrected chi connectivity index (χ0v) is 14.2. The molecule has 1 heterocycles. The van der Waals surface area contributed by atoms with Crippen LogP contribution in [0.3, 0.4) is 0 Å². The summed E-state index contributed by atoms with van der Waals surface area (Å²) in [5.41, 5.74) is 2.06. The van der Waals surface area contributed by atoms with E-state index in [0.29, 0.717) is 11.3 Å². The van der Waals surface area contributed by atoms with Gasteiger partial charge in [0.2, 0.25) is 5.91 Å². The molecule has 126 valence electrons. The Hall–Kier alpha value is -2.73. The third-order valence-electron chi connectivity index (χ3n) is 4.00. The highest BCUT2D eigenvalue weighted by atomic mass is 32.1. The SMILES string of the molecule is O=C(OCc1nc2ccccc2s1)c1ccc(NC(=O)C2CC2)cc1. The van der Waals surface area contributed by atoms with Gasteiger partial charge in [-0.3, -0.25) is 4.79 Å². The lowest BCUT2D eigenvalue weighted by molar-refractivity contribution is -0.117. The van der Waals surface area contributed by atoms with Crippen LogP contribution in [0.1, 0.15) is 28.2 Å². The number of ether oxygens (including phenoxy) is 1. The van der Waals surface area contributed by atoms with Crippen molar-refractivity contribution in [3.8, 4) is 0 Å². The molecule has 2 aromatic carbocycles. The molecule has 3 aromatic rings. The van der Waals surface area contributed by atoms with Crippen LogP contribution < -0.4 is 5.32 Å². The van der Waals surface area contributed by atoms with Crippen LogP contribution in [-0.4, -0.2) is 16.9 Å². The van der Waals surface area contributed by atoms with Crippen molar-refractivity contribution in [3.63, 3.8) is 0 Å². The summed E-state index contributed by atoms with van der Waals surface area (Å²) in [7, 11) is 0. The number of para-hydroxylation sites is 1. The maximum Gasteiger partial charge on any atom is 0.338 e. The second-order valence-electron chi connectivity index (χ2n) is 5.99. The molecule has 5 nitrogen and oxygen atoms in total. The van der Waals surface area contributed by atoms with Crippen molar-refractivity contribution in [2.24, 2.45) is 5.92 Å². The maximum absolute atomic E-state index is 12.2. The van der Waals surface area contributed by atoms with Crippen molar-refractivity contribution in [1.29, 1.82) is 0 Å². The number of carbonyl (C=O) groups is 2. The molecule has 1 aromatic heterocycles. The highest BCUT2D eigenvalue weighted by Crippen LogP contribution is 2.30. The molecule has 0 aliphatic heterocycles. The van der Waals surface area contributed by atoms with E-state index in [1.807, 2.05) is 24.3 Å². The zero-order chi connectivity index (χ0) is 17.2. The topological polar surface area (TPSA) is 68.3 Å². The molecule has 25 heavy (non-hydrogen) atoms. The number of thiazole rings is 1. The number of hydrogen-bond acceptors (Lipinski definition) is 5. The van der Waals surface area contributed by atoms with Gasteiger partial charge in [0, 0.05) is 11.6 Å². The fourth-order valence-electron chi connectivity index (χ4n) is 2.47. The molecule has 0 bridgehead atoms. The Bertz CT molecular complexity index is 896. The molecule has 0 saturated heterocycles. The summed E-state index contributed by atoms with van der Waals surface area (Å²) in [6, 6.07) is 14.6. The van der Waals surface area contributed by atoms with Gasteiger partial charge in [0.15, 0.2) is 0 Å². The third kappa shape index (κ3) is 3.69. The summed E-state index contributed by atoms with van der Waals surface area (Å²) in [6.45, 7) is 0.151. The Kier molecular flexibility index (Phi) is 4.19. The standard InChI is InChI=1S/C19H16N2O3S/c22-18(12-5-6-12)20-14-9-7-13(8-10-14)19(23)24-11-17-21-15-3-1-2-4-16(15)25-17/h1-4,7-10,12H,5-6,11H2,(H,20,22). The van der Waals surface area contributed by atoms with Gasteiger partial charge in [0.05, 0.1) is 15.8 Å². The van der Waals surface area contributed by atoms with Crippen LogP contribution in [0.15, 0.2) is 48.5 Å². The van der Waals surface area contributed by atoms with E-state index in [4.69, 9.17) is 4.74 Å². The van der Waals surface area contributed by atoms with Gasteiger partial charge in [-0.15, -0.1) is 11.3 Å². The van der Waals surface area contributed by atoms with E-state index in [2.05, 4.69) is 10.3 Å². The van der Waals surface area contributed by atoms with Gasteiger partial charge in [-0.25, -0.2) is 9.78 Å². The second-order valence-corrected chi connectivity index (χ2v) is 7.11. The quantitative estimate of drug-likeness (QED) is 0.705.